The lowest BCUT2D eigenvalue weighted by molar-refractivity contribution is -0.121. The van der Waals surface area contributed by atoms with Gasteiger partial charge in [-0.15, -0.1) is 0 Å². The van der Waals surface area contributed by atoms with Gasteiger partial charge in [-0.2, -0.15) is 0 Å². The summed E-state index contributed by atoms with van der Waals surface area (Å²) in [5, 5.41) is 0. The van der Waals surface area contributed by atoms with Crippen molar-refractivity contribution in [3.63, 3.8) is 0 Å². The fraction of sp³-hybridized carbons (Fsp3) is 0.696. The molecule has 0 aliphatic carbocycles. The molecular formula is C23H33FN2O3. The lowest BCUT2D eigenvalue weighted by Crippen LogP contribution is -2.49. The predicted molar refractivity (Wildman–Crippen MR) is 111 cm³/mol. The van der Waals surface area contributed by atoms with Crippen LogP contribution in [0.4, 0.5) is 10.1 Å². The van der Waals surface area contributed by atoms with Crippen LogP contribution in [0.5, 0.6) is 5.75 Å². The second-order valence-electron chi connectivity index (χ2n) is 8.91. The summed E-state index contributed by atoms with van der Waals surface area (Å²) in [5.41, 5.74) is 0.555. The third-order valence-electron chi connectivity index (χ3n) is 6.57. The van der Waals surface area contributed by atoms with Crippen LogP contribution in [0.25, 0.3) is 0 Å². The number of halogens is 1. The van der Waals surface area contributed by atoms with Gasteiger partial charge in [0.1, 0.15) is 11.6 Å². The van der Waals surface area contributed by atoms with Gasteiger partial charge in [0.15, 0.2) is 6.61 Å². The van der Waals surface area contributed by atoms with Crippen LogP contribution in [0.2, 0.25) is 0 Å². The molecule has 2 bridgehead atoms. The van der Waals surface area contributed by atoms with Gasteiger partial charge < -0.3 is 14.4 Å². The van der Waals surface area contributed by atoms with Crippen molar-refractivity contribution in [3.8, 4) is 5.75 Å². The maximum Gasteiger partial charge on any atom is 0.265 e. The van der Waals surface area contributed by atoms with Gasteiger partial charge >= 0.3 is 0 Å². The number of amides is 1. The van der Waals surface area contributed by atoms with Gasteiger partial charge in [-0.1, -0.05) is 20.3 Å². The normalized spacial score (nSPS) is 27.6. The molecule has 3 aliphatic rings. The first kappa shape index (κ1) is 20.6. The molecule has 160 valence electrons. The number of carbonyl (C=O) groups is 1. The Morgan fingerprint density at radius 3 is 2.72 bits per heavy atom. The molecule has 3 heterocycles. The number of hydrogen-bond donors (Lipinski definition) is 0. The van der Waals surface area contributed by atoms with Crippen molar-refractivity contribution < 1.29 is 18.7 Å². The van der Waals surface area contributed by atoms with Gasteiger partial charge in [-0.05, 0) is 50.2 Å². The second kappa shape index (κ2) is 9.00. The number of rotatable bonds is 8. The Morgan fingerprint density at radius 1 is 1.24 bits per heavy atom. The summed E-state index contributed by atoms with van der Waals surface area (Å²) in [7, 11) is 0. The summed E-state index contributed by atoms with van der Waals surface area (Å²) in [6.07, 6.45) is 7.46. The maximum absolute atomic E-state index is 13.8. The molecule has 29 heavy (non-hydrogen) atoms. The van der Waals surface area contributed by atoms with E-state index >= 15 is 0 Å². The van der Waals surface area contributed by atoms with Crippen LogP contribution in [0.15, 0.2) is 18.2 Å². The number of nitrogens with zero attached hydrogens (tertiary/aromatic N) is 2. The van der Waals surface area contributed by atoms with Crippen LogP contribution in [0.1, 0.15) is 52.4 Å². The minimum atomic E-state index is -0.345. The van der Waals surface area contributed by atoms with Crippen molar-refractivity contribution in [2.75, 3.05) is 31.2 Å². The molecule has 6 heteroatoms. The zero-order chi connectivity index (χ0) is 20.4. The minimum Gasteiger partial charge on any atom is -0.482 e. The molecule has 0 N–H and O–H groups in total. The SMILES string of the molecule is CCCCOC1C[C@H]2CC[C@@H](C1)N2CC(C)CN1C(=O)COc2ccc(F)cc21. The van der Waals surface area contributed by atoms with E-state index in [2.05, 4.69) is 18.7 Å². The second-order valence-corrected chi connectivity index (χ2v) is 8.91. The summed E-state index contributed by atoms with van der Waals surface area (Å²) in [6.45, 7) is 6.84. The zero-order valence-electron chi connectivity index (χ0n) is 17.6. The summed E-state index contributed by atoms with van der Waals surface area (Å²) < 4.78 is 25.3. The summed E-state index contributed by atoms with van der Waals surface area (Å²) in [4.78, 5) is 16.8. The quantitative estimate of drug-likeness (QED) is 0.614. The Morgan fingerprint density at radius 2 is 2.00 bits per heavy atom. The van der Waals surface area contributed by atoms with Crippen molar-refractivity contribution in [3.05, 3.63) is 24.0 Å². The molecule has 0 radical (unpaired) electrons. The van der Waals surface area contributed by atoms with Crippen molar-refractivity contribution in [1.29, 1.82) is 0 Å². The first-order chi connectivity index (χ1) is 14.0. The molecule has 0 spiro atoms. The van der Waals surface area contributed by atoms with Gasteiger partial charge in [0, 0.05) is 37.8 Å². The number of ether oxygens (including phenoxy) is 2. The fourth-order valence-electron chi connectivity index (χ4n) is 5.16. The van der Waals surface area contributed by atoms with Crippen molar-refractivity contribution in [2.24, 2.45) is 5.92 Å². The largest absolute Gasteiger partial charge is 0.482 e. The Bertz CT molecular complexity index is 714. The molecule has 1 aromatic rings. The number of piperidine rings is 1. The summed E-state index contributed by atoms with van der Waals surface area (Å²) in [5.74, 6) is 0.445. The van der Waals surface area contributed by atoms with Crippen LogP contribution in [0.3, 0.4) is 0 Å². The van der Waals surface area contributed by atoms with Gasteiger partial charge in [-0.3, -0.25) is 9.69 Å². The highest BCUT2D eigenvalue weighted by Crippen LogP contribution is 2.38. The van der Waals surface area contributed by atoms with E-state index in [4.69, 9.17) is 9.47 Å². The van der Waals surface area contributed by atoms with Gasteiger partial charge in [0.05, 0.1) is 11.8 Å². The first-order valence-corrected chi connectivity index (χ1v) is 11.1. The molecule has 1 amide bonds. The lowest BCUT2D eigenvalue weighted by atomic mass is 9.97. The summed E-state index contributed by atoms with van der Waals surface area (Å²) >= 11 is 0. The molecule has 4 rings (SSSR count). The molecule has 5 nitrogen and oxygen atoms in total. The average molecular weight is 405 g/mol. The zero-order valence-corrected chi connectivity index (χ0v) is 17.6. The van der Waals surface area contributed by atoms with E-state index in [-0.39, 0.29) is 18.3 Å². The van der Waals surface area contributed by atoms with Crippen LogP contribution in [-0.4, -0.2) is 55.3 Å². The highest BCUT2D eigenvalue weighted by atomic mass is 19.1. The van der Waals surface area contributed by atoms with E-state index < -0.39 is 0 Å². The molecule has 2 saturated heterocycles. The van der Waals surface area contributed by atoms with E-state index in [0.29, 0.717) is 42.1 Å². The molecule has 4 atom stereocenters. The monoisotopic (exact) mass is 404 g/mol. The number of anilines is 1. The first-order valence-electron chi connectivity index (χ1n) is 11.1. The van der Waals surface area contributed by atoms with E-state index in [1.54, 1.807) is 11.0 Å². The minimum absolute atomic E-state index is 0.0249. The van der Waals surface area contributed by atoms with Crippen LogP contribution < -0.4 is 9.64 Å². The standard InChI is InChI=1S/C23H33FN2O3/c1-3-4-9-28-20-11-18-6-7-19(12-20)25(18)13-16(2)14-26-21-10-17(24)5-8-22(21)29-15-23(26)27/h5,8,10,16,18-20H,3-4,6-7,9,11-15H2,1-2H3/t16?,18-,19+,20?. The van der Waals surface area contributed by atoms with E-state index in [0.717, 1.165) is 32.4 Å². The highest BCUT2D eigenvalue weighted by molar-refractivity contribution is 5.97. The van der Waals surface area contributed by atoms with E-state index in [1.807, 2.05) is 0 Å². The van der Waals surface area contributed by atoms with Crippen molar-refractivity contribution >= 4 is 11.6 Å². The van der Waals surface area contributed by atoms with E-state index in [9.17, 15) is 9.18 Å². The highest BCUT2D eigenvalue weighted by Gasteiger charge is 2.41. The maximum atomic E-state index is 13.8. The van der Waals surface area contributed by atoms with Crippen molar-refractivity contribution in [2.45, 2.75) is 70.6 Å². The van der Waals surface area contributed by atoms with Gasteiger partial charge in [-0.25, -0.2) is 4.39 Å². The Labute approximate surface area is 173 Å². The summed E-state index contributed by atoms with van der Waals surface area (Å²) in [6, 6.07) is 5.57. The predicted octanol–water partition coefficient (Wildman–Crippen LogP) is 4.00. The number of unbranched alkanes of at least 4 members (excludes halogenated alkanes) is 1. The molecular weight excluding hydrogens is 371 g/mol. The number of fused-ring (bicyclic) bond motifs is 3. The molecule has 2 unspecified atom stereocenters. The topological polar surface area (TPSA) is 42.0 Å². The van der Waals surface area contributed by atoms with Crippen LogP contribution >= 0.6 is 0 Å². The molecule has 0 saturated carbocycles. The third kappa shape index (κ3) is 4.58. The number of hydrogen-bond acceptors (Lipinski definition) is 4. The molecule has 0 aromatic heterocycles. The molecule has 1 aromatic carbocycles. The number of carbonyl (C=O) groups excluding carboxylic acids is 1. The Kier molecular flexibility index (Phi) is 6.40. The smallest absolute Gasteiger partial charge is 0.265 e. The van der Waals surface area contributed by atoms with Crippen molar-refractivity contribution in [1.82, 2.24) is 4.90 Å². The van der Waals surface area contributed by atoms with Crippen LogP contribution in [-0.2, 0) is 9.53 Å². The Hall–Kier alpha value is -1.66. The lowest BCUT2D eigenvalue weighted by Gasteiger charge is -2.41. The molecule has 2 fully saturated rings. The van der Waals surface area contributed by atoms with E-state index in [1.165, 1.54) is 31.4 Å². The van der Waals surface area contributed by atoms with Gasteiger partial charge in [0.25, 0.3) is 5.91 Å². The van der Waals surface area contributed by atoms with Gasteiger partial charge in [0.2, 0.25) is 0 Å². The third-order valence-corrected chi connectivity index (χ3v) is 6.57. The average Bonchev–Trinajstić information content (AvgIpc) is 2.92. The molecule has 3 aliphatic heterocycles. The number of benzene rings is 1. The Balaban J connectivity index is 1.36. The fourth-order valence-corrected chi connectivity index (χ4v) is 5.16. The van der Waals surface area contributed by atoms with Crippen LogP contribution in [0, 0.1) is 11.7 Å².